The van der Waals surface area contributed by atoms with Crippen LogP contribution in [0.4, 0.5) is 0 Å². The molecular weight excluding hydrogens is 342 g/mol. The van der Waals surface area contributed by atoms with E-state index in [0.29, 0.717) is 24.5 Å². The number of aliphatic carboxylic acids is 1. The molecule has 0 radical (unpaired) electrons. The summed E-state index contributed by atoms with van der Waals surface area (Å²) >= 11 is 1.09. The van der Waals surface area contributed by atoms with Gasteiger partial charge in [-0.05, 0) is 18.1 Å². The van der Waals surface area contributed by atoms with Crippen molar-refractivity contribution in [1.29, 1.82) is 0 Å². The lowest BCUT2D eigenvalue weighted by atomic mass is 9.95. The van der Waals surface area contributed by atoms with Gasteiger partial charge >= 0.3 is 5.97 Å². The highest BCUT2D eigenvalue weighted by molar-refractivity contribution is 8.13. The number of amides is 1. The van der Waals surface area contributed by atoms with Gasteiger partial charge in [0, 0.05) is 31.1 Å². The van der Waals surface area contributed by atoms with E-state index in [0.717, 1.165) is 17.3 Å². The van der Waals surface area contributed by atoms with Gasteiger partial charge in [0.15, 0.2) is 5.12 Å². The Bertz CT molecular complexity index is 663. The maximum atomic E-state index is 12.7. The third kappa shape index (κ3) is 4.54. The molecule has 1 aromatic rings. The lowest BCUT2D eigenvalue weighted by Gasteiger charge is -2.24. The van der Waals surface area contributed by atoms with Crippen LogP contribution in [-0.4, -0.2) is 52.4 Å². The number of carbonyl (C=O) groups excluding carboxylic acids is 2. The number of hydrogen-bond acceptors (Lipinski definition) is 5. The molecule has 1 fully saturated rings. The zero-order valence-corrected chi connectivity index (χ0v) is 15.4. The van der Waals surface area contributed by atoms with Gasteiger partial charge in [-0.3, -0.25) is 9.59 Å². The number of carbonyl (C=O) groups is 3. The van der Waals surface area contributed by atoms with Crippen molar-refractivity contribution in [2.45, 2.75) is 32.2 Å². The number of methoxy groups -OCH3 is 1. The van der Waals surface area contributed by atoms with E-state index in [2.05, 4.69) is 0 Å². The summed E-state index contributed by atoms with van der Waals surface area (Å²) < 4.78 is 5.37. The molecule has 136 valence electrons. The molecule has 2 unspecified atom stereocenters. The second-order valence-electron chi connectivity index (χ2n) is 6.22. The number of hydrogen-bond donors (Lipinski definition) is 1. The van der Waals surface area contributed by atoms with Crippen molar-refractivity contribution in [1.82, 2.24) is 4.90 Å². The van der Waals surface area contributed by atoms with Gasteiger partial charge in [0.05, 0.1) is 7.11 Å². The molecule has 0 spiro atoms. The first-order valence-electron chi connectivity index (χ1n) is 8.14. The molecule has 3 atom stereocenters. The van der Waals surface area contributed by atoms with Crippen molar-refractivity contribution in [3.05, 3.63) is 29.8 Å². The third-order valence-electron chi connectivity index (χ3n) is 4.41. The third-order valence-corrected chi connectivity index (χ3v) is 5.48. The number of ether oxygens (including phenoxy) is 1. The van der Waals surface area contributed by atoms with Crippen molar-refractivity contribution in [3.8, 4) is 5.75 Å². The van der Waals surface area contributed by atoms with Gasteiger partial charge in [-0.25, -0.2) is 4.79 Å². The molecule has 1 aliphatic heterocycles. The Kier molecular flexibility index (Phi) is 6.47. The largest absolute Gasteiger partial charge is 0.496 e. The van der Waals surface area contributed by atoms with E-state index in [4.69, 9.17) is 4.74 Å². The second kappa shape index (κ2) is 8.38. The van der Waals surface area contributed by atoms with Gasteiger partial charge in [-0.1, -0.05) is 36.9 Å². The number of carboxylic acid groups (broad SMARTS) is 1. The average molecular weight is 365 g/mol. The molecule has 25 heavy (non-hydrogen) atoms. The van der Waals surface area contributed by atoms with Crippen LogP contribution in [0, 0.1) is 5.92 Å². The number of benzene rings is 1. The molecule has 2 rings (SSSR count). The zero-order chi connectivity index (χ0) is 18.6. The van der Waals surface area contributed by atoms with Crippen LogP contribution in [-0.2, 0) is 14.4 Å². The van der Waals surface area contributed by atoms with Gasteiger partial charge in [-0.15, -0.1) is 0 Å². The quantitative estimate of drug-likeness (QED) is 0.833. The van der Waals surface area contributed by atoms with Gasteiger partial charge in [0.1, 0.15) is 11.8 Å². The Morgan fingerprint density at radius 1 is 1.36 bits per heavy atom. The minimum atomic E-state index is -1.00. The SMILES string of the molecule is COc1ccccc1C1C[C@@H](C(=O)O)N(C(=O)C(C)CSC(C)=O)C1. The van der Waals surface area contributed by atoms with Crippen LogP contribution >= 0.6 is 11.8 Å². The van der Waals surface area contributed by atoms with E-state index in [9.17, 15) is 19.5 Å². The minimum absolute atomic E-state index is 0.0530. The summed E-state index contributed by atoms with van der Waals surface area (Å²) in [5.41, 5.74) is 0.914. The normalized spacial score (nSPS) is 21.0. The summed E-state index contributed by atoms with van der Waals surface area (Å²) in [4.78, 5) is 36.9. The van der Waals surface area contributed by atoms with Crippen LogP contribution in [0.5, 0.6) is 5.75 Å². The molecule has 6 nitrogen and oxygen atoms in total. The summed E-state index contributed by atoms with van der Waals surface area (Å²) in [6.45, 7) is 3.52. The number of carboxylic acids is 1. The maximum Gasteiger partial charge on any atom is 0.326 e. The zero-order valence-electron chi connectivity index (χ0n) is 14.6. The minimum Gasteiger partial charge on any atom is -0.496 e. The Morgan fingerprint density at radius 2 is 2.04 bits per heavy atom. The molecule has 0 bridgehead atoms. The van der Waals surface area contributed by atoms with E-state index >= 15 is 0 Å². The number of rotatable bonds is 6. The molecular formula is C18H23NO5S. The number of para-hydroxylation sites is 1. The van der Waals surface area contributed by atoms with Crippen molar-refractivity contribution in [3.63, 3.8) is 0 Å². The Labute approximate surface area is 151 Å². The highest BCUT2D eigenvalue weighted by atomic mass is 32.2. The summed E-state index contributed by atoms with van der Waals surface area (Å²) in [6.07, 6.45) is 0.355. The van der Waals surface area contributed by atoms with Gasteiger partial charge in [0.2, 0.25) is 5.91 Å². The number of nitrogens with zero attached hydrogens (tertiary/aromatic N) is 1. The molecule has 1 heterocycles. The van der Waals surface area contributed by atoms with Crippen molar-refractivity contribution < 1.29 is 24.2 Å². The van der Waals surface area contributed by atoms with E-state index in [1.165, 1.54) is 11.8 Å². The summed E-state index contributed by atoms with van der Waals surface area (Å²) in [7, 11) is 1.58. The van der Waals surface area contributed by atoms with E-state index in [-0.39, 0.29) is 16.9 Å². The summed E-state index contributed by atoms with van der Waals surface area (Å²) in [6, 6.07) is 6.63. The van der Waals surface area contributed by atoms with Gasteiger partial charge < -0.3 is 14.7 Å². The predicted octanol–water partition coefficient (Wildman–Crippen LogP) is 2.38. The topological polar surface area (TPSA) is 83.9 Å². The molecule has 1 saturated heterocycles. The van der Waals surface area contributed by atoms with Crippen LogP contribution in [0.3, 0.4) is 0 Å². The van der Waals surface area contributed by atoms with Gasteiger partial charge in [-0.2, -0.15) is 0 Å². The molecule has 1 N–H and O–H groups in total. The molecule has 7 heteroatoms. The van der Waals surface area contributed by atoms with Gasteiger partial charge in [0.25, 0.3) is 0 Å². The van der Waals surface area contributed by atoms with Crippen LogP contribution in [0.1, 0.15) is 31.7 Å². The fourth-order valence-electron chi connectivity index (χ4n) is 3.14. The Morgan fingerprint density at radius 3 is 2.64 bits per heavy atom. The van der Waals surface area contributed by atoms with E-state index in [1.54, 1.807) is 14.0 Å². The molecule has 1 amide bonds. The smallest absolute Gasteiger partial charge is 0.326 e. The van der Waals surface area contributed by atoms with E-state index < -0.39 is 17.9 Å². The second-order valence-corrected chi connectivity index (χ2v) is 7.42. The molecule has 0 aliphatic carbocycles. The predicted molar refractivity (Wildman–Crippen MR) is 95.8 cm³/mol. The first kappa shape index (κ1) is 19.3. The lowest BCUT2D eigenvalue weighted by Crippen LogP contribution is -2.43. The van der Waals surface area contributed by atoms with Crippen molar-refractivity contribution in [2.75, 3.05) is 19.4 Å². The summed E-state index contributed by atoms with van der Waals surface area (Å²) in [5, 5.41) is 9.49. The highest BCUT2D eigenvalue weighted by Crippen LogP contribution is 2.37. The number of thioether (sulfide) groups is 1. The monoisotopic (exact) mass is 365 g/mol. The first-order chi connectivity index (χ1) is 11.8. The fourth-order valence-corrected chi connectivity index (χ4v) is 3.77. The van der Waals surface area contributed by atoms with Crippen LogP contribution in [0.2, 0.25) is 0 Å². The van der Waals surface area contributed by atoms with Crippen molar-refractivity contribution in [2.24, 2.45) is 5.92 Å². The molecule has 0 saturated carbocycles. The van der Waals surface area contributed by atoms with Crippen LogP contribution in [0.25, 0.3) is 0 Å². The highest BCUT2D eigenvalue weighted by Gasteiger charge is 2.42. The Balaban J connectivity index is 2.18. The fraction of sp³-hybridized carbons (Fsp3) is 0.500. The average Bonchev–Trinajstić information content (AvgIpc) is 3.04. The Hall–Kier alpha value is -2.02. The molecule has 1 aromatic carbocycles. The van der Waals surface area contributed by atoms with Crippen LogP contribution in [0.15, 0.2) is 24.3 Å². The maximum absolute atomic E-state index is 12.7. The van der Waals surface area contributed by atoms with Crippen molar-refractivity contribution >= 4 is 28.8 Å². The standard InChI is InChI=1S/C18H23NO5S/c1-11(10-25-12(2)20)17(21)19-9-13(8-15(19)18(22)23)14-6-4-5-7-16(14)24-3/h4-7,11,13,15H,8-10H2,1-3H3,(H,22,23)/t11?,13?,15-/m0/s1. The lowest BCUT2D eigenvalue weighted by molar-refractivity contribution is -0.149. The first-order valence-corrected chi connectivity index (χ1v) is 9.13. The van der Waals surface area contributed by atoms with E-state index in [1.807, 2.05) is 24.3 Å². The molecule has 0 aromatic heterocycles. The van der Waals surface area contributed by atoms with Crippen LogP contribution < -0.4 is 4.74 Å². The molecule has 1 aliphatic rings. The number of likely N-dealkylation sites (tertiary alicyclic amines) is 1. The summed E-state index contributed by atoms with van der Waals surface area (Å²) in [5.74, 6) is -0.668.